The van der Waals surface area contributed by atoms with Crippen molar-refractivity contribution in [3.05, 3.63) is 53.4 Å². The van der Waals surface area contributed by atoms with Gasteiger partial charge in [-0.05, 0) is 35.7 Å². The van der Waals surface area contributed by atoms with Gasteiger partial charge in [0, 0.05) is 23.4 Å². The molecule has 0 bridgehead atoms. The minimum atomic E-state index is -3.22. The Morgan fingerprint density at radius 3 is 2.87 bits per heavy atom. The number of sulfone groups is 1. The van der Waals surface area contributed by atoms with Crippen molar-refractivity contribution in [2.24, 2.45) is 0 Å². The Bertz CT molecular complexity index is 884. The van der Waals surface area contributed by atoms with Gasteiger partial charge in [-0.1, -0.05) is 6.07 Å². The normalized spacial score (nSPS) is 11.5. The Balaban J connectivity index is 1.60. The monoisotopic (exact) mass is 348 g/mol. The Morgan fingerprint density at radius 1 is 1.26 bits per heavy atom. The summed E-state index contributed by atoms with van der Waals surface area (Å²) in [5.74, 6) is 0.540. The van der Waals surface area contributed by atoms with E-state index in [1.54, 1.807) is 29.5 Å². The molecule has 0 aliphatic carbocycles. The van der Waals surface area contributed by atoms with Crippen LogP contribution in [0, 0.1) is 0 Å². The third-order valence-corrected chi connectivity index (χ3v) is 5.07. The van der Waals surface area contributed by atoms with Gasteiger partial charge in [0.25, 0.3) is 0 Å². The molecule has 0 unspecified atom stereocenters. The SMILES string of the molecule is CS(=O)(=O)c1cccc(OCCn2ccc(-c3ccsc3)n2)c1. The van der Waals surface area contributed by atoms with E-state index in [0.29, 0.717) is 18.9 Å². The van der Waals surface area contributed by atoms with Gasteiger partial charge >= 0.3 is 0 Å². The molecule has 0 atom stereocenters. The van der Waals surface area contributed by atoms with Crippen molar-refractivity contribution < 1.29 is 13.2 Å². The predicted octanol–water partition coefficient (Wildman–Crippen LogP) is 3.09. The Hall–Kier alpha value is -2.12. The van der Waals surface area contributed by atoms with E-state index in [9.17, 15) is 8.42 Å². The van der Waals surface area contributed by atoms with Crippen LogP contribution >= 0.6 is 11.3 Å². The fourth-order valence-corrected chi connectivity index (χ4v) is 3.41. The molecule has 120 valence electrons. The van der Waals surface area contributed by atoms with Gasteiger partial charge in [0.2, 0.25) is 0 Å². The number of hydrogen-bond donors (Lipinski definition) is 0. The average Bonchev–Trinajstić information content (AvgIpc) is 3.18. The zero-order valence-electron chi connectivity index (χ0n) is 12.5. The summed E-state index contributed by atoms with van der Waals surface area (Å²) in [5, 5.41) is 8.56. The molecule has 3 aromatic rings. The number of hydrogen-bond acceptors (Lipinski definition) is 5. The van der Waals surface area contributed by atoms with Gasteiger partial charge in [-0.25, -0.2) is 8.42 Å². The fourth-order valence-electron chi connectivity index (χ4n) is 2.10. The summed E-state index contributed by atoms with van der Waals surface area (Å²) in [5.41, 5.74) is 2.04. The summed E-state index contributed by atoms with van der Waals surface area (Å²) in [7, 11) is -3.22. The zero-order valence-corrected chi connectivity index (χ0v) is 14.2. The third kappa shape index (κ3) is 4.00. The van der Waals surface area contributed by atoms with Crippen LogP contribution in [0.15, 0.2) is 58.3 Å². The van der Waals surface area contributed by atoms with Crippen LogP contribution in [0.5, 0.6) is 5.75 Å². The van der Waals surface area contributed by atoms with Crippen molar-refractivity contribution in [1.29, 1.82) is 0 Å². The highest BCUT2D eigenvalue weighted by Gasteiger charge is 2.08. The van der Waals surface area contributed by atoms with Crippen molar-refractivity contribution in [3.63, 3.8) is 0 Å². The van der Waals surface area contributed by atoms with E-state index >= 15 is 0 Å². The van der Waals surface area contributed by atoms with E-state index in [-0.39, 0.29) is 4.90 Å². The van der Waals surface area contributed by atoms with Crippen molar-refractivity contribution in [3.8, 4) is 17.0 Å². The molecule has 3 rings (SSSR count). The lowest BCUT2D eigenvalue weighted by Gasteiger charge is -2.07. The second-order valence-corrected chi connectivity index (χ2v) is 7.87. The second kappa shape index (κ2) is 6.55. The molecule has 7 heteroatoms. The maximum Gasteiger partial charge on any atom is 0.175 e. The molecule has 2 heterocycles. The first kappa shape index (κ1) is 15.8. The number of ether oxygens (including phenoxy) is 1. The van der Waals surface area contributed by atoms with Gasteiger partial charge in [-0.3, -0.25) is 4.68 Å². The first-order valence-corrected chi connectivity index (χ1v) is 9.85. The number of rotatable bonds is 6. The Kier molecular flexibility index (Phi) is 4.49. The van der Waals surface area contributed by atoms with E-state index in [1.165, 1.54) is 12.3 Å². The maximum absolute atomic E-state index is 11.5. The Morgan fingerprint density at radius 2 is 2.13 bits per heavy atom. The highest BCUT2D eigenvalue weighted by molar-refractivity contribution is 7.90. The molecule has 0 spiro atoms. The van der Waals surface area contributed by atoms with Crippen LogP contribution in [-0.4, -0.2) is 31.1 Å². The number of thiophene rings is 1. The quantitative estimate of drug-likeness (QED) is 0.687. The lowest BCUT2D eigenvalue weighted by Crippen LogP contribution is -2.09. The second-order valence-electron chi connectivity index (χ2n) is 5.07. The largest absolute Gasteiger partial charge is 0.492 e. The molecule has 1 aromatic carbocycles. The van der Waals surface area contributed by atoms with Crippen LogP contribution in [0.3, 0.4) is 0 Å². The summed E-state index contributed by atoms with van der Waals surface area (Å²) in [6.07, 6.45) is 3.09. The van der Waals surface area contributed by atoms with E-state index in [1.807, 2.05) is 28.4 Å². The number of benzene rings is 1. The van der Waals surface area contributed by atoms with E-state index in [4.69, 9.17) is 4.74 Å². The number of nitrogens with zero attached hydrogens (tertiary/aromatic N) is 2. The molecule has 0 radical (unpaired) electrons. The molecule has 0 N–H and O–H groups in total. The molecule has 23 heavy (non-hydrogen) atoms. The molecule has 0 saturated carbocycles. The smallest absolute Gasteiger partial charge is 0.175 e. The summed E-state index contributed by atoms with van der Waals surface area (Å²) in [4.78, 5) is 0.258. The van der Waals surface area contributed by atoms with Gasteiger partial charge in [0.05, 0.1) is 17.1 Å². The highest BCUT2D eigenvalue weighted by Crippen LogP contribution is 2.20. The summed E-state index contributed by atoms with van der Waals surface area (Å²) in [6.45, 7) is 1.01. The van der Waals surface area contributed by atoms with Gasteiger partial charge in [0.1, 0.15) is 12.4 Å². The minimum Gasteiger partial charge on any atom is -0.492 e. The molecule has 0 saturated heterocycles. The molecule has 0 aliphatic heterocycles. The molecule has 0 aliphatic rings. The van der Waals surface area contributed by atoms with Crippen molar-refractivity contribution in [1.82, 2.24) is 9.78 Å². The van der Waals surface area contributed by atoms with Crippen molar-refractivity contribution >= 4 is 21.2 Å². The predicted molar refractivity (Wildman–Crippen MR) is 90.6 cm³/mol. The topological polar surface area (TPSA) is 61.2 Å². The lowest BCUT2D eigenvalue weighted by atomic mass is 10.2. The number of aromatic nitrogens is 2. The van der Waals surface area contributed by atoms with Crippen LogP contribution in [0.2, 0.25) is 0 Å². The van der Waals surface area contributed by atoms with Crippen LogP contribution in [0.25, 0.3) is 11.3 Å². The minimum absolute atomic E-state index is 0.258. The van der Waals surface area contributed by atoms with Crippen LogP contribution in [0.4, 0.5) is 0 Å². The van der Waals surface area contributed by atoms with E-state index in [2.05, 4.69) is 10.5 Å². The summed E-state index contributed by atoms with van der Waals surface area (Å²) in [6, 6.07) is 10.5. The van der Waals surface area contributed by atoms with Crippen LogP contribution < -0.4 is 4.74 Å². The van der Waals surface area contributed by atoms with Crippen molar-refractivity contribution in [2.75, 3.05) is 12.9 Å². The first-order valence-electron chi connectivity index (χ1n) is 7.01. The van der Waals surface area contributed by atoms with E-state index in [0.717, 1.165) is 11.3 Å². The first-order chi connectivity index (χ1) is 11.0. The maximum atomic E-state index is 11.5. The zero-order chi connectivity index (χ0) is 16.3. The molecule has 0 fully saturated rings. The standard InChI is InChI=1S/C16H16N2O3S2/c1-23(19,20)15-4-2-3-14(11-15)21-9-8-18-7-5-16(17-18)13-6-10-22-12-13/h2-7,10-12H,8-9H2,1H3. The highest BCUT2D eigenvalue weighted by atomic mass is 32.2. The van der Waals surface area contributed by atoms with Crippen LogP contribution in [-0.2, 0) is 16.4 Å². The summed E-state index contributed by atoms with van der Waals surface area (Å²) < 4.78 is 30.5. The molecule has 5 nitrogen and oxygen atoms in total. The molecular weight excluding hydrogens is 332 g/mol. The molecule has 2 aromatic heterocycles. The molecular formula is C16H16N2O3S2. The van der Waals surface area contributed by atoms with Gasteiger partial charge < -0.3 is 4.74 Å². The van der Waals surface area contributed by atoms with Gasteiger partial charge in [-0.2, -0.15) is 16.4 Å². The third-order valence-electron chi connectivity index (χ3n) is 3.28. The Labute approximate surface area is 139 Å². The molecule has 0 amide bonds. The lowest BCUT2D eigenvalue weighted by molar-refractivity contribution is 0.291. The fraction of sp³-hybridized carbons (Fsp3) is 0.188. The van der Waals surface area contributed by atoms with Crippen molar-refractivity contribution in [2.45, 2.75) is 11.4 Å². The van der Waals surface area contributed by atoms with Gasteiger partial charge in [0.15, 0.2) is 9.84 Å². The summed E-state index contributed by atoms with van der Waals surface area (Å²) >= 11 is 1.64. The van der Waals surface area contributed by atoms with Crippen LogP contribution in [0.1, 0.15) is 0 Å². The van der Waals surface area contributed by atoms with Gasteiger partial charge in [-0.15, -0.1) is 0 Å². The van der Waals surface area contributed by atoms with E-state index < -0.39 is 9.84 Å². The average molecular weight is 348 g/mol.